The van der Waals surface area contributed by atoms with Crippen molar-refractivity contribution in [1.29, 1.82) is 0 Å². The summed E-state index contributed by atoms with van der Waals surface area (Å²) in [6.45, 7) is 7.62. The standard InChI is InChI=1S/C28H17NO6.C20H10O8.C8H11N.H2O/c1-12-6-5-7-13(2)22(12)29-27(34)18-10-16-17(11-19(18)28(29)35)26(33)21-20(25(16)32)23(30)14-8-3-4-9-15(14)24(21)31;21-15-7-3-1-2-4-8(7)16(22)14-13(15)17(23)9-5-11(19(25)26)12(20(27)28)6-10(9)18(14)24;1-6-4-3-5-7(2)8(6)9;/h3-11,32-33H,1-2H3;1-6,23-24H,(H,25,26)(H,27,28);3-5H,9H2,1-2H3;1H2/p-1. The molecule has 0 aliphatic heterocycles. The maximum atomic E-state index is 13.4. The fourth-order valence-electron chi connectivity index (χ4n) is 9.41. The molecule has 73 heavy (non-hydrogen) atoms. The average molecular weight is 980 g/mol. The number of para-hydroxylation sites is 2. The summed E-state index contributed by atoms with van der Waals surface area (Å²) in [5.74, 6) is -6.99. The predicted molar refractivity (Wildman–Crippen MR) is 273 cm³/mol. The van der Waals surface area contributed by atoms with E-state index < -0.39 is 90.7 Å². The summed E-state index contributed by atoms with van der Waals surface area (Å²) in [7, 11) is 0. The molecule has 0 atom stereocenters. The number of nitrogens with zero attached hydrogens (tertiary/aromatic N) is 1. The molecule has 9 N–H and O–H groups in total. The van der Waals surface area contributed by atoms with Crippen LogP contribution < -0.4 is 27.7 Å². The molecule has 1 aromatic heterocycles. The Morgan fingerprint density at radius 3 is 1.14 bits per heavy atom. The molecule has 0 bridgehead atoms. The first-order valence-corrected chi connectivity index (χ1v) is 21.9. The molecule has 1 aliphatic rings. The van der Waals surface area contributed by atoms with E-state index in [2.05, 4.69) is 0 Å². The summed E-state index contributed by atoms with van der Waals surface area (Å²) < 4.78 is 1.08. The molecule has 11 rings (SSSR count). The van der Waals surface area contributed by atoms with Crippen LogP contribution in [0.15, 0.2) is 128 Å². The van der Waals surface area contributed by atoms with Crippen molar-refractivity contribution in [3.05, 3.63) is 206 Å². The van der Waals surface area contributed by atoms with Crippen LogP contribution in [0, 0.1) is 27.7 Å². The van der Waals surface area contributed by atoms with Gasteiger partial charge in [0.05, 0.1) is 49.5 Å². The maximum Gasteiger partial charge on any atom is 0.336 e. The summed E-state index contributed by atoms with van der Waals surface area (Å²) in [6, 6.07) is 27.8. The van der Waals surface area contributed by atoms with Crippen LogP contribution in [0.1, 0.15) is 74.8 Å². The van der Waals surface area contributed by atoms with Gasteiger partial charge in [0.2, 0.25) is 0 Å². The van der Waals surface area contributed by atoms with E-state index in [1.165, 1.54) is 48.5 Å². The van der Waals surface area contributed by atoms with Crippen molar-refractivity contribution in [2.45, 2.75) is 27.7 Å². The van der Waals surface area contributed by atoms with E-state index in [0.29, 0.717) is 5.69 Å². The number of carboxylic acids is 2. The lowest BCUT2D eigenvalue weighted by Gasteiger charge is -2.21. The Bertz CT molecular complexity index is 4090. The van der Waals surface area contributed by atoms with E-state index >= 15 is 0 Å². The Morgan fingerprint density at radius 1 is 0.438 bits per heavy atom. The van der Waals surface area contributed by atoms with Crippen LogP contribution in [0.25, 0.3) is 59.5 Å². The molecule has 0 saturated carbocycles. The third-order valence-corrected chi connectivity index (χ3v) is 13.1. The van der Waals surface area contributed by atoms with Crippen LogP contribution in [-0.2, 0) is 0 Å². The minimum Gasteiger partial charge on any atom is -0.870 e. The van der Waals surface area contributed by atoms with Gasteiger partial charge in [0.1, 0.15) is 23.0 Å². The first kappa shape index (κ1) is 49.4. The van der Waals surface area contributed by atoms with Crippen LogP contribution in [0.3, 0.4) is 0 Å². The molecule has 364 valence electrons. The van der Waals surface area contributed by atoms with Gasteiger partial charge in [-0.1, -0.05) is 84.9 Å². The number of carboxylic acid groups (broad SMARTS) is 2. The van der Waals surface area contributed by atoms with Crippen molar-refractivity contribution in [3.8, 4) is 28.7 Å². The zero-order valence-electron chi connectivity index (χ0n) is 38.8. The number of anilines is 1. The van der Waals surface area contributed by atoms with E-state index in [4.69, 9.17) is 5.73 Å². The first-order chi connectivity index (χ1) is 34.2. The number of phenolic OH excluding ortho intramolecular Hbond substituents is 4. The molecule has 10 aromatic rings. The Kier molecular flexibility index (Phi) is 12.2. The molecule has 17 heteroatoms. The number of fused-ring (bicyclic) bond motifs is 7. The van der Waals surface area contributed by atoms with Crippen LogP contribution in [-0.4, -0.2) is 64.2 Å². The largest absolute Gasteiger partial charge is 0.870 e. The molecule has 0 amide bonds. The molecule has 0 radical (unpaired) electrons. The summed E-state index contributed by atoms with van der Waals surface area (Å²) in [5.41, 5.74) is 6.40. The number of rotatable bonds is 3. The van der Waals surface area contributed by atoms with Crippen molar-refractivity contribution in [1.82, 2.24) is 4.57 Å². The van der Waals surface area contributed by atoms with Gasteiger partial charge in [-0.15, -0.1) is 0 Å². The van der Waals surface area contributed by atoms with E-state index in [1.54, 1.807) is 38.1 Å². The maximum absolute atomic E-state index is 13.4. The number of carbonyl (C=O) groups is 4. The monoisotopic (exact) mass is 979 g/mol. The van der Waals surface area contributed by atoms with Gasteiger partial charge in [0.25, 0.3) is 11.1 Å². The molecular weight excluding hydrogens is 941 g/mol. The minimum atomic E-state index is -1.57. The third-order valence-electron chi connectivity index (χ3n) is 13.1. The number of benzene rings is 9. The second-order valence-corrected chi connectivity index (χ2v) is 17.3. The highest BCUT2D eigenvalue weighted by atomic mass is 16.4. The lowest BCUT2D eigenvalue weighted by molar-refractivity contribution is 0.0652. The number of nitrogens with two attached hydrogens (primary N) is 1. The Labute approximate surface area is 409 Å². The van der Waals surface area contributed by atoms with Crippen LogP contribution in [0.4, 0.5) is 5.69 Å². The van der Waals surface area contributed by atoms with Crippen LogP contribution >= 0.6 is 0 Å². The fraction of sp³-hybridized carbons (Fsp3) is 0.0714. The van der Waals surface area contributed by atoms with Gasteiger partial charge in [0, 0.05) is 49.1 Å². The van der Waals surface area contributed by atoms with Gasteiger partial charge in [-0.25, -0.2) is 14.2 Å². The van der Waals surface area contributed by atoms with Crippen LogP contribution in [0.5, 0.6) is 23.0 Å². The molecule has 1 heterocycles. The molecule has 1 aliphatic carbocycles. The van der Waals surface area contributed by atoms with Crippen molar-refractivity contribution < 1.29 is 55.3 Å². The Morgan fingerprint density at radius 2 is 0.781 bits per heavy atom. The smallest absolute Gasteiger partial charge is 0.336 e. The highest BCUT2D eigenvalue weighted by Crippen LogP contribution is 2.45. The SMILES string of the molecule is Cc1cccc(C)c1-n1c(=O)c2cc3c(O)c4c(=O)c5ccccc5c(=O)c4c(O)c3cc2c1=O.Cc1cccc(C)c1N.O=C(O)c1cc2c(O)c3c(c(O)c2cc1C(=O)O)C(=O)c1ccccc1C3=O.[OH-]. The lowest BCUT2D eigenvalue weighted by Crippen LogP contribution is -2.25. The number of carbonyl (C=O) groups excluding carboxylic acids is 2. The van der Waals surface area contributed by atoms with Gasteiger partial charge < -0.3 is 41.8 Å². The number of aromatic hydroxyl groups is 4. The van der Waals surface area contributed by atoms with E-state index in [0.717, 1.165) is 44.6 Å². The number of aryl methyl sites for hydroxylation is 4. The van der Waals surface area contributed by atoms with Crippen molar-refractivity contribution in [2.24, 2.45) is 0 Å². The van der Waals surface area contributed by atoms with Gasteiger partial charge >= 0.3 is 11.9 Å². The summed E-state index contributed by atoms with van der Waals surface area (Å²) in [6.07, 6.45) is 0. The summed E-state index contributed by atoms with van der Waals surface area (Å²) >= 11 is 0. The third kappa shape index (κ3) is 7.54. The van der Waals surface area contributed by atoms with E-state index in [1.807, 2.05) is 38.1 Å². The highest BCUT2D eigenvalue weighted by Gasteiger charge is 2.37. The number of nitrogen functional groups attached to an aromatic ring is 1. The summed E-state index contributed by atoms with van der Waals surface area (Å²) in [5, 5.41) is 61.2. The van der Waals surface area contributed by atoms with Crippen LogP contribution in [0.2, 0.25) is 0 Å². The molecule has 0 spiro atoms. The predicted octanol–water partition coefficient (Wildman–Crippen LogP) is 7.57. The number of aromatic nitrogens is 1. The van der Waals surface area contributed by atoms with E-state index in [9.17, 15) is 69.0 Å². The van der Waals surface area contributed by atoms with Crippen molar-refractivity contribution in [2.75, 3.05) is 5.73 Å². The molecular formula is C56H39N2O15-. The highest BCUT2D eigenvalue weighted by molar-refractivity contribution is 6.32. The first-order valence-electron chi connectivity index (χ1n) is 21.9. The second-order valence-electron chi connectivity index (χ2n) is 17.3. The molecule has 0 unspecified atom stereocenters. The number of phenols is 4. The molecule has 17 nitrogen and oxygen atoms in total. The van der Waals surface area contributed by atoms with Gasteiger partial charge in [-0.05, 0) is 74.2 Å². The zero-order chi connectivity index (χ0) is 51.9. The average Bonchev–Trinajstić information content (AvgIpc) is 3.60. The fourth-order valence-corrected chi connectivity index (χ4v) is 9.41. The topological polar surface area (TPSA) is 319 Å². The quantitative estimate of drug-likeness (QED) is 0.0510. The second kappa shape index (κ2) is 18.1. The Hall–Kier alpha value is -10.0. The molecule has 9 aromatic carbocycles. The van der Waals surface area contributed by atoms with Gasteiger partial charge in [0.15, 0.2) is 22.4 Å². The normalized spacial score (nSPS) is 11.7. The molecule has 0 fully saturated rings. The lowest BCUT2D eigenvalue weighted by atomic mass is 9.81. The number of aromatic carboxylic acids is 2. The van der Waals surface area contributed by atoms with E-state index in [-0.39, 0.29) is 70.5 Å². The number of hydrogen-bond donors (Lipinski definition) is 7. The van der Waals surface area contributed by atoms with Crippen molar-refractivity contribution >= 4 is 83.1 Å². The number of ketones is 2. The Balaban J connectivity index is 0.000000167. The number of hydrogen-bond acceptors (Lipinski definition) is 14. The molecule has 0 saturated heterocycles. The van der Waals surface area contributed by atoms with Crippen molar-refractivity contribution in [3.63, 3.8) is 0 Å². The van der Waals surface area contributed by atoms with Gasteiger partial charge in [-0.3, -0.25) is 28.8 Å². The summed E-state index contributed by atoms with van der Waals surface area (Å²) in [4.78, 5) is 102. The van der Waals surface area contributed by atoms with Gasteiger partial charge in [-0.2, -0.15) is 0 Å². The zero-order valence-corrected chi connectivity index (χ0v) is 38.8. The minimum absolute atomic E-state index is 0.